The summed E-state index contributed by atoms with van der Waals surface area (Å²) in [5.74, 6) is 2.52. The van der Waals surface area contributed by atoms with Gasteiger partial charge in [0, 0.05) is 53.7 Å². The van der Waals surface area contributed by atoms with Crippen molar-refractivity contribution >= 4 is 16.6 Å². The van der Waals surface area contributed by atoms with Crippen molar-refractivity contribution in [3.05, 3.63) is 23.9 Å². The van der Waals surface area contributed by atoms with Crippen LogP contribution in [0.2, 0.25) is 0 Å². The third-order valence-electron chi connectivity index (χ3n) is 3.13. The first kappa shape index (κ1) is 14.5. The first-order valence-corrected chi connectivity index (χ1v) is 8.23. The minimum Gasteiger partial charge on any atom is -0.355 e. The number of rotatable bonds is 3. The molecule has 0 aromatic carbocycles. The molecule has 2 heterocycles. The number of anilines is 1. The molecule has 0 radical (unpaired) electrons. The van der Waals surface area contributed by atoms with Gasteiger partial charge in [0.2, 0.25) is 0 Å². The van der Waals surface area contributed by atoms with E-state index in [2.05, 4.69) is 42.0 Å². The molecule has 1 aromatic rings. The van der Waals surface area contributed by atoms with Gasteiger partial charge in [-0.1, -0.05) is 0 Å². The second-order valence-corrected chi connectivity index (χ2v) is 7.66. The van der Waals surface area contributed by atoms with Crippen LogP contribution in [0, 0.1) is 0 Å². The second-order valence-electron chi connectivity index (χ2n) is 5.96. The molecular weight excluding hydrogens is 258 g/mol. The molecule has 0 bridgehead atoms. The highest BCUT2D eigenvalue weighted by atomic mass is 32.2. The molecule has 1 aliphatic heterocycles. The van der Waals surface area contributed by atoms with Crippen LogP contribution in [-0.4, -0.2) is 39.3 Å². The van der Waals surface area contributed by atoms with Crippen LogP contribution in [0.3, 0.4) is 0 Å². The van der Waals surface area contributed by atoms with E-state index in [0.717, 1.165) is 37.0 Å². The highest BCUT2D eigenvalue weighted by molar-refractivity contribution is 7.85. The summed E-state index contributed by atoms with van der Waals surface area (Å²) in [6, 6.07) is 4.18. The fraction of sp³-hybridized carbons (Fsp3) is 0.643. The second kappa shape index (κ2) is 6.01. The molecule has 1 N–H and O–H groups in total. The number of nitrogens with zero attached hydrogens (tertiary/aromatic N) is 2. The zero-order chi connectivity index (χ0) is 13.9. The zero-order valence-electron chi connectivity index (χ0n) is 12.0. The van der Waals surface area contributed by atoms with Crippen molar-refractivity contribution < 1.29 is 4.21 Å². The van der Waals surface area contributed by atoms with E-state index in [4.69, 9.17) is 0 Å². The van der Waals surface area contributed by atoms with Gasteiger partial charge in [-0.05, 0) is 38.5 Å². The Balaban J connectivity index is 2.00. The normalized spacial score (nSPS) is 17.7. The highest BCUT2D eigenvalue weighted by Crippen LogP contribution is 2.15. The quantitative estimate of drug-likeness (QED) is 0.913. The van der Waals surface area contributed by atoms with Crippen LogP contribution < -0.4 is 10.2 Å². The highest BCUT2D eigenvalue weighted by Gasteiger charge is 2.16. The minimum atomic E-state index is -0.637. The van der Waals surface area contributed by atoms with Gasteiger partial charge in [0.15, 0.2) is 0 Å². The van der Waals surface area contributed by atoms with E-state index in [1.165, 1.54) is 5.56 Å². The van der Waals surface area contributed by atoms with Crippen molar-refractivity contribution in [1.29, 1.82) is 0 Å². The minimum absolute atomic E-state index is 0.117. The van der Waals surface area contributed by atoms with Gasteiger partial charge >= 0.3 is 0 Å². The van der Waals surface area contributed by atoms with Crippen molar-refractivity contribution in [3.8, 4) is 0 Å². The van der Waals surface area contributed by atoms with Crippen LogP contribution in [0.4, 0.5) is 5.82 Å². The summed E-state index contributed by atoms with van der Waals surface area (Å²) < 4.78 is 11.4. The predicted molar refractivity (Wildman–Crippen MR) is 80.9 cm³/mol. The Bertz CT molecular complexity index is 446. The third kappa shape index (κ3) is 4.58. The van der Waals surface area contributed by atoms with Crippen LogP contribution in [-0.2, 0) is 17.3 Å². The van der Waals surface area contributed by atoms with Crippen molar-refractivity contribution in [1.82, 2.24) is 10.3 Å². The standard InChI is InChI=1S/C14H23N3OS/c1-14(2,3)16-11-12-4-5-15-13(10-12)17-6-8-19(18)9-7-17/h4-5,10,16H,6-9,11H2,1-3H3. The maximum absolute atomic E-state index is 11.4. The lowest BCUT2D eigenvalue weighted by Gasteiger charge is -2.28. The third-order valence-corrected chi connectivity index (χ3v) is 4.41. The van der Waals surface area contributed by atoms with Gasteiger partial charge in [-0.15, -0.1) is 0 Å². The average Bonchev–Trinajstić information content (AvgIpc) is 2.37. The van der Waals surface area contributed by atoms with Crippen LogP contribution in [0.15, 0.2) is 18.3 Å². The number of nitrogens with one attached hydrogen (secondary N) is 1. The Morgan fingerprint density at radius 2 is 2.05 bits per heavy atom. The topological polar surface area (TPSA) is 45.2 Å². The van der Waals surface area contributed by atoms with Crippen molar-refractivity contribution in [2.75, 3.05) is 29.5 Å². The Morgan fingerprint density at radius 3 is 2.68 bits per heavy atom. The lowest BCUT2D eigenvalue weighted by molar-refractivity contribution is 0.424. The summed E-state index contributed by atoms with van der Waals surface area (Å²) in [6.45, 7) is 9.02. The van der Waals surface area contributed by atoms with Crippen molar-refractivity contribution in [2.24, 2.45) is 0 Å². The predicted octanol–water partition coefficient (Wildman–Crippen LogP) is 1.54. The molecule has 19 heavy (non-hydrogen) atoms. The van der Waals surface area contributed by atoms with Gasteiger partial charge in [0.1, 0.15) is 5.82 Å². The first-order chi connectivity index (χ1) is 8.94. The maximum atomic E-state index is 11.4. The fourth-order valence-corrected chi connectivity index (χ4v) is 3.03. The molecule has 0 atom stereocenters. The lowest BCUT2D eigenvalue weighted by atomic mass is 10.1. The van der Waals surface area contributed by atoms with E-state index >= 15 is 0 Å². The Labute approximate surface area is 118 Å². The van der Waals surface area contributed by atoms with Gasteiger partial charge in [-0.25, -0.2) is 4.98 Å². The summed E-state index contributed by atoms with van der Waals surface area (Å²) in [7, 11) is -0.637. The molecule has 1 aliphatic rings. The monoisotopic (exact) mass is 281 g/mol. The smallest absolute Gasteiger partial charge is 0.128 e. The average molecular weight is 281 g/mol. The Morgan fingerprint density at radius 1 is 1.37 bits per heavy atom. The molecule has 1 saturated heterocycles. The van der Waals surface area contributed by atoms with E-state index < -0.39 is 10.8 Å². The molecule has 1 fully saturated rings. The summed E-state index contributed by atoms with van der Waals surface area (Å²) in [6.07, 6.45) is 1.86. The van der Waals surface area contributed by atoms with Crippen molar-refractivity contribution in [3.63, 3.8) is 0 Å². The number of hydrogen-bond donors (Lipinski definition) is 1. The SMILES string of the molecule is CC(C)(C)NCc1ccnc(N2CCS(=O)CC2)c1. The zero-order valence-corrected chi connectivity index (χ0v) is 12.8. The van der Waals surface area contributed by atoms with Gasteiger partial charge in [0.25, 0.3) is 0 Å². The van der Waals surface area contributed by atoms with Gasteiger partial charge < -0.3 is 10.2 Å². The van der Waals surface area contributed by atoms with Gasteiger partial charge in [-0.3, -0.25) is 4.21 Å². The van der Waals surface area contributed by atoms with E-state index in [9.17, 15) is 4.21 Å². The maximum Gasteiger partial charge on any atom is 0.128 e. The fourth-order valence-electron chi connectivity index (χ4n) is 1.98. The molecule has 0 spiro atoms. The molecule has 0 unspecified atom stereocenters. The number of pyridine rings is 1. The van der Waals surface area contributed by atoms with Gasteiger partial charge in [-0.2, -0.15) is 0 Å². The number of aromatic nitrogens is 1. The lowest BCUT2D eigenvalue weighted by Crippen LogP contribution is -2.38. The number of hydrogen-bond acceptors (Lipinski definition) is 4. The summed E-state index contributed by atoms with van der Waals surface area (Å²) in [4.78, 5) is 6.66. The Kier molecular flexibility index (Phi) is 4.58. The molecular formula is C14H23N3OS. The molecule has 2 rings (SSSR count). The molecule has 0 aliphatic carbocycles. The van der Waals surface area contributed by atoms with E-state index in [1.807, 2.05) is 12.3 Å². The van der Waals surface area contributed by atoms with E-state index in [0.29, 0.717) is 0 Å². The van der Waals surface area contributed by atoms with E-state index in [1.54, 1.807) is 0 Å². The van der Waals surface area contributed by atoms with E-state index in [-0.39, 0.29) is 5.54 Å². The molecule has 5 heteroatoms. The Hall–Kier alpha value is -0.940. The van der Waals surface area contributed by atoms with Gasteiger partial charge in [0.05, 0.1) is 0 Å². The first-order valence-electron chi connectivity index (χ1n) is 6.74. The van der Waals surface area contributed by atoms with Crippen LogP contribution in [0.1, 0.15) is 26.3 Å². The summed E-state index contributed by atoms with van der Waals surface area (Å²) in [5.41, 5.74) is 1.36. The van der Waals surface area contributed by atoms with Crippen LogP contribution >= 0.6 is 0 Å². The van der Waals surface area contributed by atoms with Crippen LogP contribution in [0.25, 0.3) is 0 Å². The molecule has 1 aromatic heterocycles. The largest absolute Gasteiger partial charge is 0.355 e. The molecule has 4 nitrogen and oxygen atoms in total. The van der Waals surface area contributed by atoms with Crippen LogP contribution in [0.5, 0.6) is 0 Å². The summed E-state index contributed by atoms with van der Waals surface area (Å²) >= 11 is 0. The van der Waals surface area contributed by atoms with Crippen molar-refractivity contribution in [2.45, 2.75) is 32.9 Å². The molecule has 0 saturated carbocycles. The molecule has 106 valence electrons. The summed E-state index contributed by atoms with van der Waals surface area (Å²) in [5, 5.41) is 3.48. The molecule has 0 amide bonds.